The molecule has 0 bridgehead atoms. The van der Waals surface area contributed by atoms with Crippen LogP contribution in [0.1, 0.15) is 26.2 Å². The molecule has 1 saturated heterocycles. The molecule has 2 heterocycles. The van der Waals surface area contributed by atoms with Crippen LogP contribution in [0.15, 0.2) is 23.1 Å². The zero-order chi connectivity index (χ0) is 20.6. The van der Waals surface area contributed by atoms with E-state index in [1.165, 1.54) is 19.1 Å². The summed E-state index contributed by atoms with van der Waals surface area (Å²) in [4.78, 5) is 25.0. The highest BCUT2D eigenvalue weighted by Crippen LogP contribution is 2.54. The molecule has 1 spiro atoms. The number of nitrogens with zero attached hydrogens (tertiary/aromatic N) is 1. The fourth-order valence-electron chi connectivity index (χ4n) is 4.03. The van der Waals surface area contributed by atoms with Gasteiger partial charge >= 0.3 is 0 Å². The van der Waals surface area contributed by atoms with Crippen LogP contribution in [0.25, 0.3) is 0 Å². The number of hydrogen-bond acceptors (Lipinski definition) is 6. The van der Waals surface area contributed by atoms with Crippen LogP contribution in [0, 0.1) is 5.41 Å². The van der Waals surface area contributed by atoms with E-state index < -0.39 is 10.0 Å². The van der Waals surface area contributed by atoms with Gasteiger partial charge in [-0.2, -0.15) is 0 Å². The fraction of sp³-hybridized carbons (Fsp3) is 0.579. The van der Waals surface area contributed by atoms with Crippen molar-refractivity contribution >= 4 is 21.8 Å². The van der Waals surface area contributed by atoms with E-state index in [2.05, 4.69) is 10.0 Å². The van der Waals surface area contributed by atoms with E-state index in [1.54, 1.807) is 11.0 Å². The van der Waals surface area contributed by atoms with E-state index in [1.807, 2.05) is 0 Å². The Hall–Kier alpha value is -2.33. The number of carbonyl (C=O) groups excluding carboxylic acids is 2. The maximum atomic E-state index is 12.8. The van der Waals surface area contributed by atoms with Crippen molar-refractivity contribution in [3.05, 3.63) is 18.2 Å². The zero-order valence-corrected chi connectivity index (χ0v) is 17.1. The highest BCUT2D eigenvalue weighted by Gasteiger charge is 2.56. The summed E-state index contributed by atoms with van der Waals surface area (Å²) in [6.45, 7) is 3.37. The van der Waals surface area contributed by atoms with Gasteiger partial charge in [0, 0.05) is 32.1 Å². The monoisotopic (exact) mass is 423 g/mol. The summed E-state index contributed by atoms with van der Waals surface area (Å²) in [5.41, 5.74) is -0.0916. The van der Waals surface area contributed by atoms with Crippen LogP contribution >= 0.6 is 0 Å². The van der Waals surface area contributed by atoms with Gasteiger partial charge in [-0.3, -0.25) is 9.59 Å². The first-order valence-corrected chi connectivity index (χ1v) is 11.2. The van der Waals surface area contributed by atoms with Gasteiger partial charge in [0.05, 0.1) is 11.4 Å². The first kappa shape index (κ1) is 20.0. The second kappa shape index (κ2) is 7.49. The number of amides is 2. The normalized spacial score (nSPS) is 22.2. The van der Waals surface area contributed by atoms with Gasteiger partial charge in [0.2, 0.25) is 21.8 Å². The van der Waals surface area contributed by atoms with Gasteiger partial charge in [-0.1, -0.05) is 0 Å². The summed E-state index contributed by atoms with van der Waals surface area (Å²) < 4.78 is 39.3. The van der Waals surface area contributed by atoms with Crippen molar-refractivity contribution in [2.24, 2.45) is 5.41 Å². The molecule has 1 aromatic rings. The number of ether oxygens (including phenoxy) is 2. The van der Waals surface area contributed by atoms with Crippen LogP contribution in [-0.2, 0) is 19.6 Å². The summed E-state index contributed by atoms with van der Waals surface area (Å²) in [7, 11) is -3.67. The second-order valence-electron chi connectivity index (χ2n) is 7.84. The SMILES string of the molecule is CC(=O)NCC(=O)N1CCC2(CC1)CC2NS(=O)(=O)c1ccc2c(c1)OCCO2. The van der Waals surface area contributed by atoms with Gasteiger partial charge in [-0.15, -0.1) is 0 Å². The fourth-order valence-corrected chi connectivity index (χ4v) is 5.38. The van der Waals surface area contributed by atoms with E-state index in [4.69, 9.17) is 9.47 Å². The molecule has 2 aliphatic heterocycles. The van der Waals surface area contributed by atoms with Gasteiger partial charge in [0.15, 0.2) is 11.5 Å². The van der Waals surface area contributed by atoms with Crippen LogP contribution < -0.4 is 19.5 Å². The van der Waals surface area contributed by atoms with Gasteiger partial charge in [-0.25, -0.2) is 13.1 Å². The number of likely N-dealkylation sites (tertiary alicyclic amines) is 1. The van der Waals surface area contributed by atoms with E-state index in [0.717, 1.165) is 19.3 Å². The number of rotatable bonds is 5. The average molecular weight is 423 g/mol. The molecule has 10 heteroatoms. The first-order valence-electron chi connectivity index (χ1n) is 9.73. The summed E-state index contributed by atoms with van der Waals surface area (Å²) in [5.74, 6) is 0.650. The third kappa shape index (κ3) is 4.18. The Morgan fingerprint density at radius 3 is 2.55 bits per heavy atom. The molecule has 2 amide bonds. The Bertz CT molecular complexity index is 924. The van der Waals surface area contributed by atoms with Crippen molar-refractivity contribution in [2.75, 3.05) is 32.8 Å². The summed E-state index contributed by atoms with van der Waals surface area (Å²) in [6, 6.07) is 4.50. The van der Waals surface area contributed by atoms with E-state index in [0.29, 0.717) is 37.8 Å². The lowest BCUT2D eigenvalue weighted by Crippen LogP contribution is -2.45. The molecule has 0 radical (unpaired) electrons. The number of sulfonamides is 1. The van der Waals surface area contributed by atoms with Crippen LogP contribution in [0.2, 0.25) is 0 Å². The van der Waals surface area contributed by atoms with Gasteiger partial charge < -0.3 is 19.7 Å². The Kier molecular flexibility index (Phi) is 5.16. The number of hydrogen-bond donors (Lipinski definition) is 2. The Morgan fingerprint density at radius 1 is 1.17 bits per heavy atom. The predicted octanol–water partition coefficient (Wildman–Crippen LogP) is 0.253. The largest absolute Gasteiger partial charge is 0.486 e. The minimum absolute atomic E-state index is 0.00249. The van der Waals surface area contributed by atoms with Crippen LogP contribution in [0.4, 0.5) is 0 Å². The lowest BCUT2D eigenvalue weighted by atomic mass is 9.92. The number of benzene rings is 1. The highest BCUT2D eigenvalue weighted by molar-refractivity contribution is 7.89. The van der Waals surface area contributed by atoms with Crippen LogP contribution in [-0.4, -0.2) is 64.0 Å². The Morgan fingerprint density at radius 2 is 1.86 bits per heavy atom. The van der Waals surface area contributed by atoms with E-state index >= 15 is 0 Å². The lowest BCUT2D eigenvalue weighted by molar-refractivity contribution is -0.133. The van der Waals surface area contributed by atoms with E-state index in [-0.39, 0.29) is 34.7 Å². The summed E-state index contributed by atoms with van der Waals surface area (Å²) >= 11 is 0. The third-order valence-corrected chi connectivity index (χ3v) is 7.38. The highest BCUT2D eigenvalue weighted by atomic mass is 32.2. The van der Waals surface area contributed by atoms with Crippen molar-refractivity contribution in [3.63, 3.8) is 0 Å². The maximum Gasteiger partial charge on any atom is 0.241 e. The van der Waals surface area contributed by atoms with Crippen LogP contribution in [0.5, 0.6) is 11.5 Å². The number of nitrogens with one attached hydrogen (secondary N) is 2. The summed E-state index contributed by atoms with van der Waals surface area (Å²) in [6.07, 6.45) is 2.25. The van der Waals surface area contributed by atoms with Crippen molar-refractivity contribution in [2.45, 2.75) is 37.1 Å². The smallest absolute Gasteiger partial charge is 0.241 e. The molecule has 2 fully saturated rings. The quantitative estimate of drug-likeness (QED) is 0.702. The van der Waals surface area contributed by atoms with Crippen molar-refractivity contribution < 1.29 is 27.5 Å². The molecule has 1 saturated carbocycles. The standard InChI is InChI=1S/C19H25N3O6S/c1-13(23)20-12-18(24)22-6-4-19(5-7-22)11-17(19)21-29(25,26)14-2-3-15-16(10-14)28-9-8-27-15/h2-3,10,17,21H,4-9,11-12H2,1H3,(H,20,23). The maximum absolute atomic E-state index is 12.8. The zero-order valence-electron chi connectivity index (χ0n) is 16.3. The topological polar surface area (TPSA) is 114 Å². The van der Waals surface area contributed by atoms with Crippen molar-refractivity contribution in [3.8, 4) is 11.5 Å². The minimum Gasteiger partial charge on any atom is -0.486 e. The Balaban J connectivity index is 1.34. The van der Waals surface area contributed by atoms with Crippen LogP contribution in [0.3, 0.4) is 0 Å². The van der Waals surface area contributed by atoms with E-state index in [9.17, 15) is 18.0 Å². The average Bonchev–Trinajstić information content (AvgIpc) is 3.36. The number of fused-ring (bicyclic) bond motifs is 1. The Labute approximate surface area is 169 Å². The first-order chi connectivity index (χ1) is 13.8. The molecular formula is C19H25N3O6S. The molecule has 1 aromatic carbocycles. The molecular weight excluding hydrogens is 398 g/mol. The molecule has 0 aromatic heterocycles. The van der Waals surface area contributed by atoms with Gasteiger partial charge in [0.1, 0.15) is 13.2 Å². The minimum atomic E-state index is -3.67. The van der Waals surface area contributed by atoms with Gasteiger partial charge in [-0.05, 0) is 36.8 Å². The molecule has 1 aliphatic carbocycles. The summed E-state index contributed by atoms with van der Waals surface area (Å²) in [5, 5.41) is 2.52. The molecule has 158 valence electrons. The molecule has 2 N–H and O–H groups in total. The molecule has 1 atom stereocenters. The number of carbonyl (C=O) groups is 2. The molecule has 1 unspecified atom stereocenters. The number of piperidine rings is 1. The van der Waals surface area contributed by atoms with Crippen molar-refractivity contribution in [1.82, 2.24) is 14.9 Å². The lowest BCUT2D eigenvalue weighted by Gasteiger charge is -2.33. The molecule has 9 nitrogen and oxygen atoms in total. The molecule has 4 rings (SSSR count). The third-order valence-electron chi connectivity index (χ3n) is 5.91. The second-order valence-corrected chi connectivity index (χ2v) is 9.55. The van der Waals surface area contributed by atoms with Crippen molar-refractivity contribution in [1.29, 1.82) is 0 Å². The predicted molar refractivity (Wildman–Crippen MR) is 103 cm³/mol. The molecule has 3 aliphatic rings. The van der Waals surface area contributed by atoms with Gasteiger partial charge in [0.25, 0.3) is 0 Å². The molecule has 29 heavy (non-hydrogen) atoms.